The number of ether oxygens (including phenoxy) is 1. The van der Waals surface area contributed by atoms with E-state index in [0.717, 1.165) is 6.07 Å². The summed E-state index contributed by atoms with van der Waals surface area (Å²) in [6.07, 6.45) is -2.67. The zero-order chi connectivity index (χ0) is 18.1. The fraction of sp³-hybridized carbons (Fsp3) is 0.267. The second-order valence-corrected chi connectivity index (χ2v) is 5.58. The van der Waals surface area contributed by atoms with E-state index in [1.54, 1.807) is 12.9 Å². The van der Waals surface area contributed by atoms with Gasteiger partial charge >= 0.3 is 6.18 Å². The topological polar surface area (TPSA) is 65.2 Å². The highest BCUT2D eigenvalue weighted by molar-refractivity contribution is 6.32. The van der Waals surface area contributed by atoms with Crippen LogP contribution in [0.25, 0.3) is 5.57 Å². The van der Waals surface area contributed by atoms with Gasteiger partial charge in [-0.3, -0.25) is 4.98 Å². The van der Waals surface area contributed by atoms with Crippen molar-refractivity contribution in [1.29, 1.82) is 0 Å². The second-order valence-electron chi connectivity index (χ2n) is 4.74. The first-order valence-corrected chi connectivity index (χ1v) is 7.48. The van der Waals surface area contributed by atoms with Gasteiger partial charge in [0.2, 0.25) is 0 Å². The van der Waals surface area contributed by atoms with Gasteiger partial charge in [0.15, 0.2) is 0 Å². The SMILES string of the molecule is CCOC1=C(N)C(c2ncc(C(F)(F)F)cc2Cl)=CC(=C=O)C1Cl. The average Bonchev–Trinajstić information content (AvgIpc) is 2.51. The number of nitrogens with zero attached hydrogens (tertiary/aromatic N) is 1. The van der Waals surface area contributed by atoms with E-state index in [2.05, 4.69) is 4.98 Å². The van der Waals surface area contributed by atoms with Gasteiger partial charge in [0.25, 0.3) is 0 Å². The third-order valence-electron chi connectivity index (χ3n) is 3.20. The molecule has 24 heavy (non-hydrogen) atoms. The molecule has 0 aliphatic heterocycles. The maximum Gasteiger partial charge on any atom is 0.417 e. The van der Waals surface area contributed by atoms with E-state index in [0.29, 0.717) is 6.20 Å². The standard InChI is InChI=1S/C15H11Cl2F3N2O2/c1-2-24-14-11(17)7(6-23)3-9(12(14)21)13-10(16)4-8(5-22-13)15(18,19)20/h3-5,11H,2,21H2,1H3. The Morgan fingerprint density at radius 2 is 2.12 bits per heavy atom. The van der Waals surface area contributed by atoms with Crippen LogP contribution in [-0.4, -0.2) is 22.9 Å². The third-order valence-corrected chi connectivity index (χ3v) is 3.92. The zero-order valence-electron chi connectivity index (χ0n) is 12.2. The summed E-state index contributed by atoms with van der Waals surface area (Å²) in [4.78, 5) is 14.8. The van der Waals surface area contributed by atoms with Crippen LogP contribution in [0.15, 0.2) is 35.4 Å². The number of halogens is 5. The van der Waals surface area contributed by atoms with Crippen LogP contribution in [0.1, 0.15) is 18.2 Å². The number of rotatable bonds is 3. The molecular weight excluding hydrogens is 368 g/mol. The molecule has 1 aromatic heterocycles. The summed E-state index contributed by atoms with van der Waals surface area (Å²) in [6, 6.07) is 0.732. The molecule has 2 N–H and O–H groups in total. The minimum absolute atomic E-state index is 0.0158. The summed E-state index contributed by atoms with van der Waals surface area (Å²) < 4.78 is 43.5. The van der Waals surface area contributed by atoms with Crippen LogP contribution in [0.4, 0.5) is 13.2 Å². The molecule has 1 aliphatic rings. The van der Waals surface area contributed by atoms with Crippen LogP contribution in [-0.2, 0) is 15.7 Å². The Balaban J connectivity index is 2.60. The molecule has 1 heterocycles. The van der Waals surface area contributed by atoms with Crippen molar-refractivity contribution >= 4 is 34.7 Å². The number of hydrogen-bond acceptors (Lipinski definition) is 4. The van der Waals surface area contributed by atoms with E-state index in [-0.39, 0.29) is 39.9 Å². The van der Waals surface area contributed by atoms with Gasteiger partial charge in [0.05, 0.1) is 34.2 Å². The molecular formula is C15H11Cl2F3N2O2. The van der Waals surface area contributed by atoms with Crippen molar-refractivity contribution in [3.05, 3.63) is 51.6 Å². The van der Waals surface area contributed by atoms with E-state index >= 15 is 0 Å². The number of nitrogens with two attached hydrogens (primary N) is 1. The molecule has 2 rings (SSSR count). The largest absolute Gasteiger partial charge is 0.494 e. The van der Waals surface area contributed by atoms with Crippen LogP contribution in [0.5, 0.6) is 0 Å². The summed E-state index contributed by atoms with van der Waals surface area (Å²) in [5, 5.41) is -1.22. The van der Waals surface area contributed by atoms with Crippen LogP contribution in [0.2, 0.25) is 5.02 Å². The van der Waals surface area contributed by atoms with Crippen molar-refractivity contribution in [2.45, 2.75) is 18.5 Å². The summed E-state index contributed by atoms with van der Waals surface area (Å²) >= 11 is 12.0. The van der Waals surface area contributed by atoms with Crippen LogP contribution < -0.4 is 5.73 Å². The molecule has 0 spiro atoms. The van der Waals surface area contributed by atoms with E-state index in [4.69, 9.17) is 33.7 Å². The maximum atomic E-state index is 12.7. The Kier molecular flexibility index (Phi) is 5.28. The Hall–Kier alpha value is -1.95. The van der Waals surface area contributed by atoms with Gasteiger partial charge < -0.3 is 10.5 Å². The summed E-state index contributed by atoms with van der Waals surface area (Å²) in [5.74, 6) is 1.76. The lowest BCUT2D eigenvalue weighted by molar-refractivity contribution is -0.137. The molecule has 0 amide bonds. The van der Waals surface area contributed by atoms with E-state index < -0.39 is 17.1 Å². The van der Waals surface area contributed by atoms with Crippen LogP contribution in [0, 0.1) is 0 Å². The van der Waals surface area contributed by atoms with Gasteiger partial charge in [0.1, 0.15) is 17.1 Å². The Bertz CT molecular complexity index is 781. The molecule has 0 saturated carbocycles. The Labute approximate surface area is 145 Å². The lowest BCUT2D eigenvalue weighted by atomic mass is 9.95. The van der Waals surface area contributed by atoms with E-state index in [1.807, 2.05) is 0 Å². The Morgan fingerprint density at radius 3 is 2.62 bits per heavy atom. The minimum atomic E-state index is -4.58. The van der Waals surface area contributed by atoms with Gasteiger partial charge in [0, 0.05) is 11.8 Å². The second kappa shape index (κ2) is 6.89. The quantitative estimate of drug-likeness (QED) is 0.642. The van der Waals surface area contributed by atoms with Crippen molar-refractivity contribution in [2.75, 3.05) is 6.61 Å². The van der Waals surface area contributed by atoms with Gasteiger partial charge in [-0.25, -0.2) is 4.79 Å². The molecule has 1 unspecified atom stereocenters. The molecule has 1 atom stereocenters. The van der Waals surface area contributed by atoms with E-state index in [1.165, 1.54) is 6.08 Å². The average molecular weight is 379 g/mol. The fourth-order valence-electron chi connectivity index (χ4n) is 2.09. The van der Waals surface area contributed by atoms with Crippen molar-refractivity contribution in [3.63, 3.8) is 0 Å². The summed E-state index contributed by atoms with van der Waals surface area (Å²) in [7, 11) is 0. The highest BCUT2D eigenvalue weighted by Gasteiger charge is 2.33. The van der Waals surface area contributed by atoms with Gasteiger partial charge in [-0.15, -0.1) is 11.6 Å². The Morgan fingerprint density at radius 1 is 1.46 bits per heavy atom. The molecule has 1 aromatic rings. The van der Waals surface area contributed by atoms with Gasteiger partial charge in [-0.1, -0.05) is 11.6 Å². The van der Waals surface area contributed by atoms with Crippen molar-refractivity contribution in [1.82, 2.24) is 4.98 Å². The first-order valence-electron chi connectivity index (χ1n) is 6.67. The van der Waals surface area contributed by atoms with Crippen molar-refractivity contribution in [2.24, 2.45) is 5.73 Å². The maximum absolute atomic E-state index is 12.7. The molecule has 0 bridgehead atoms. The summed E-state index contributed by atoms with van der Waals surface area (Å²) in [6.45, 7) is 1.92. The third kappa shape index (κ3) is 3.43. The predicted octanol–water partition coefficient (Wildman–Crippen LogP) is 3.72. The van der Waals surface area contributed by atoms with Crippen molar-refractivity contribution < 1.29 is 22.7 Å². The smallest absolute Gasteiger partial charge is 0.417 e. The molecule has 128 valence electrons. The highest BCUT2D eigenvalue weighted by atomic mass is 35.5. The number of aromatic nitrogens is 1. The molecule has 1 aliphatic carbocycles. The highest BCUT2D eigenvalue weighted by Crippen LogP contribution is 2.38. The van der Waals surface area contributed by atoms with Gasteiger partial charge in [-0.05, 0) is 19.1 Å². The fourth-order valence-corrected chi connectivity index (χ4v) is 2.65. The molecule has 0 fully saturated rings. The lowest BCUT2D eigenvalue weighted by Crippen LogP contribution is -2.22. The number of pyridine rings is 1. The first-order chi connectivity index (χ1) is 11.2. The normalized spacial score (nSPS) is 18.3. The molecule has 0 saturated heterocycles. The van der Waals surface area contributed by atoms with E-state index in [9.17, 15) is 18.0 Å². The van der Waals surface area contributed by atoms with Crippen molar-refractivity contribution in [3.8, 4) is 0 Å². The zero-order valence-corrected chi connectivity index (χ0v) is 13.8. The van der Waals surface area contributed by atoms with Gasteiger partial charge in [-0.2, -0.15) is 13.2 Å². The van der Waals surface area contributed by atoms with Crippen LogP contribution >= 0.6 is 23.2 Å². The number of alkyl halides is 4. The predicted molar refractivity (Wildman–Crippen MR) is 83.9 cm³/mol. The number of carbonyl (C=O) groups excluding carboxylic acids is 1. The monoisotopic (exact) mass is 378 g/mol. The number of allylic oxidation sites excluding steroid dienone is 3. The molecule has 9 heteroatoms. The minimum Gasteiger partial charge on any atom is -0.494 e. The number of hydrogen-bond donors (Lipinski definition) is 1. The molecule has 4 nitrogen and oxygen atoms in total. The first kappa shape index (κ1) is 18.4. The molecule has 0 radical (unpaired) electrons. The van der Waals surface area contributed by atoms with Crippen LogP contribution in [0.3, 0.4) is 0 Å². The summed E-state index contributed by atoms with van der Waals surface area (Å²) in [5.41, 5.74) is 5.17. The lowest BCUT2D eigenvalue weighted by Gasteiger charge is -2.23. The molecule has 0 aromatic carbocycles.